The van der Waals surface area contributed by atoms with Gasteiger partial charge in [0.05, 0.1) is 6.54 Å². The summed E-state index contributed by atoms with van der Waals surface area (Å²) in [6.45, 7) is 9.32. The minimum Gasteiger partial charge on any atom is -0.444 e. The van der Waals surface area contributed by atoms with Crippen molar-refractivity contribution in [3.8, 4) is 0 Å². The molecule has 1 aromatic heterocycles. The van der Waals surface area contributed by atoms with Gasteiger partial charge in [0.15, 0.2) is 0 Å². The number of hydrogen-bond acceptors (Lipinski definition) is 5. The molecule has 1 fully saturated rings. The summed E-state index contributed by atoms with van der Waals surface area (Å²) in [5.74, 6) is 0.910. The van der Waals surface area contributed by atoms with Crippen molar-refractivity contribution in [2.75, 3.05) is 6.54 Å². The Balaban J connectivity index is 1.83. The van der Waals surface area contributed by atoms with Gasteiger partial charge in [-0.3, -0.25) is 0 Å². The van der Waals surface area contributed by atoms with Crippen LogP contribution in [0.15, 0.2) is 6.33 Å². The summed E-state index contributed by atoms with van der Waals surface area (Å²) in [7, 11) is 1.93. The van der Waals surface area contributed by atoms with Crippen LogP contribution < -0.4 is 5.32 Å². The smallest absolute Gasteiger partial charge is 0.410 e. The van der Waals surface area contributed by atoms with E-state index in [2.05, 4.69) is 22.4 Å². The van der Waals surface area contributed by atoms with Gasteiger partial charge in [0.1, 0.15) is 17.8 Å². The summed E-state index contributed by atoms with van der Waals surface area (Å²) in [5, 5.41) is 11.4. The lowest BCUT2D eigenvalue weighted by atomic mass is 10.1. The lowest BCUT2D eigenvalue weighted by Crippen LogP contribution is -2.42. The molecular weight excluding hydrogens is 294 g/mol. The van der Waals surface area contributed by atoms with Crippen molar-refractivity contribution in [2.45, 2.75) is 71.2 Å². The van der Waals surface area contributed by atoms with Crippen LogP contribution >= 0.6 is 0 Å². The third-order valence-electron chi connectivity index (χ3n) is 4.04. The molecule has 2 rings (SSSR count). The van der Waals surface area contributed by atoms with Gasteiger partial charge in [-0.15, -0.1) is 10.2 Å². The van der Waals surface area contributed by atoms with Crippen LogP contribution in [0.3, 0.4) is 0 Å². The monoisotopic (exact) mass is 323 g/mol. The summed E-state index contributed by atoms with van der Waals surface area (Å²) < 4.78 is 7.42. The third-order valence-corrected chi connectivity index (χ3v) is 4.04. The minimum atomic E-state index is -0.445. The highest BCUT2D eigenvalue weighted by Crippen LogP contribution is 2.24. The maximum Gasteiger partial charge on any atom is 0.410 e. The van der Waals surface area contributed by atoms with Crippen LogP contribution in [-0.2, 0) is 18.3 Å². The molecule has 0 bridgehead atoms. The molecule has 2 atom stereocenters. The first kappa shape index (κ1) is 17.7. The summed E-state index contributed by atoms with van der Waals surface area (Å²) in [6.07, 6.45) is 4.50. The number of likely N-dealkylation sites (tertiary alicyclic amines) is 1. The fourth-order valence-corrected chi connectivity index (χ4v) is 2.87. The fraction of sp³-hybridized carbons (Fsp3) is 0.812. The van der Waals surface area contributed by atoms with Gasteiger partial charge in [-0.2, -0.15) is 0 Å². The highest BCUT2D eigenvalue weighted by molar-refractivity contribution is 5.68. The van der Waals surface area contributed by atoms with Crippen LogP contribution in [0.25, 0.3) is 0 Å². The van der Waals surface area contributed by atoms with Crippen molar-refractivity contribution in [1.82, 2.24) is 25.0 Å². The molecule has 130 valence electrons. The van der Waals surface area contributed by atoms with Crippen LogP contribution in [0.1, 0.15) is 52.8 Å². The highest BCUT2D eigenvalue weighted by atomic mass is 16.6. The number of aromatic nitrogens is 3. The molecule has 0 spiro atoms. The van der Waals surface area contributed by atoms with E-state index in [1.807, 2.05) is 37.3 Å². The molecule has 0 aromatic carbocycles. The summed E-state index contributed by atoms with van der Waals surface area (Å²) >= 11 is 0. The van der Waals surface area contributed by atoms with Gasteiger partial charge in [-0.05, 0) is 47.0 Å². The first-order valence-corrected chi connectivity index (χ1v) is 8.32. The normalized spacial score (nSPS) is 19.9. The first-order chi connectivity index (χ1) is 10.8. The molecule has 1 aromatic rings. The number of hydrogen-bond donors (Lipinski definition) is 1. The Kier molecular flexibility index (Phi) is 5.62. The standard InChI is InChI=1S/C16H29N5O2/c1-12(17-10-14-19-18-11-20(14)5)9-13-7-6-8-21(13)15(22)23-16(2,3)4/h11-13,17H,6-10H2,1-5H3. The Labute approximate surface area is 138 Å². The molecule has 7 heteroatoms. The van der Waals surface area contributed by atoms with E-state index in [-0.39, 0.29) is 12.1 Å². The Morgan fingerprint density at radius 1 is 1.52 bits per heavy atom. The Hall–Kier alpha value is -1.63. The molecule has 1 N–H and O–H groups in total. The zero-order valence-electron chi connectivity index (χ0n) is 14.9. The molecule has 0 radical (unpaired) electrons. The molecule has 1 saturated heterocycles. The Bertz CT molecular complexity index is 523. The van der Waals surface area contributed by atoms with Gasteiger partial charge in [0.2, 0.25) is 0 Å². The predicted molar refractivity (Wildman–Crippen MR) is 87.9 cm³/mol. The average molecular weight is 323 g/mol. The molecule has 0 saturated carbocycles. The molecule has 1 aliphatic heterocycles. The van der Waals surface area contributed by atoms with E-state index in [1.54, 1.807) is 6.33 Å². The van der Waals surface area contributed by atoms with E-state index in [4.69, 9.17) is 4.74 Å². The van der Waals surface area contributed by atoms with Crippen molar-refractivity contribution >= 4 is 6.09 Å². The van der Waals surface area contributed by atoms with E-state index >= 15 is 0 Å². The van der Waals surface area contributed by atoms with Crippen molar-refractivity contribution in [3.05, 3.63) is 12.2 Å². The van der Waals surface area contributed by atoms with Crippen molar-refractivity contribution < 1.29 is 9.53 Å². The first-order valence-electron chi connectivity index (χ1n) is 8.32. The molecule has 2 heterocycles. The highest BCUT2D eigenvalue weighted by Gasteiger charge is 2.32. The van der Waals surface area contributed by atoms with E-state index in [9.17, 15) is 4.79 Å². The summed E-state index contributed by atoms with van der Waals surface area (Å²) in [5.41, 5.74) is -0.445. The number of nitrogens with one attached hydrogen (secondary N) is 1. The van der Waals surface area contributed by atoms with Gasteiger partial charge >= 0.3 is 6.09 Å². The SMILES string of the molecule is CC(CC1CCCN1C(=O)OC(C)(C)C)NCc1nncn1C. The number of aryl methyl sites for hydroxylation is 1. The van der Waals surface area contributed by atoms with Crippen LogP contribution in [0.4, 0.5) is 4.79 Å². The second kappa shape index (κ2) is 7.29. The van der Waals surface area contributed by atoms with Crippen molar-refractivity contribution in [2.24, 2.45) is 7.05 Å². The van der Waals surface area contributed by atoms with Crippen molar-refractivity contribution in [3.63, 3.8) is 0 Å². The summed E-state index contributed by atoms with van der Waals surface area (Å²) in [4.78, 5) is 14.2. The molecule has 1 aliphatic rings. The maximum absolute atomic E-state index is 12.3. The van der Waals surface area contributed by atoms with Gasteiger partial charge < -0.3 is 19.5 Å². The lowest BCUT2D eigenvalue weighted by molar-refractivity contribution is 0.0214. The number of ether oxygens (including phenoxy) is 1. The Morgan fingerprint density at radius 3 is 2.87 bits per heavy atom. The van der Waals surface area contributed by atoms with E-state index < -0.39 is 5.60 Å². The van der Waals surface area contributed by atoms with Gasteiger partial charge in [0, 0.05) is 25.7 Å². The molecule has 23 heavy (non-hydrogen) atoms. The molecular formula is C16H29N5O2. The minimum absolute atomic E-state index is 0.194. The van der Waals surface area contributed by atoms with E-state index in [0.29, 0.717) is 12.6 Å². The molecule has 1 amide bonds. The van der Waals surface area contributed by atoms with Gasteiger partial charge in [-0.1, -0.05) is 0 Å². The average Bonchev–Trinajstić information content (AvgIpc) is 3.03. The number of carbonyl (C=O) groups is 1. The molecule has 2 unspecified atom stereocenters. The second-order valence-corrected chi connectivity index (χ2v) is 7.35. The largest absolute Gasteiger partial charge is 0.444 e. The number of nitrogens with zero attached hydrogens (tertiary/aromatic N) is 4. The zero-order chi connectivity index (χ0) is 17.0. The maximum atomic E-state index is 12.3. The predicted octanol–water partition coefficient (Wildman–Crippen LogP) is 2.08. The lowest BCUT2D eigenvalue weighted by Gasteiger charge is -2.30. The second-order valence-electron chi connectivity index (χ2n) is 7.35. The van der Waals surface area contributed by atoms with E-state index in [1.165, 1.54) is 0 Å². The van der Waals surface area contributed by atoms with E-state index in [0.717, 1.165) is 31.6 Å². The zero-order valence-corrected chi connectivity index (χ0v) is 14.9. The Morgan fingerprint density at radius 2 is 2.26 bits per heavy atom. The van der Waals surface area contributed by atoms with Gasteiger partial charge in [-0.25, -0.2) is 4.79 Å². The number of amides is 1. The van der Waals surface area contributed by atoms with Crippen LogP contribution in [0.2, 0.25) is 0 Å². The topological polar surface area (TPSA) is 72.3 Å². The molecule has 0 aliphatic carbocycles. The quantitative estimate of drug-likeness (QED) is 0.898. The van der Waals surface area contributed by atoms with Crippen LogP contribution in [-0.4, -0.2) is 50.0 Å². The number of carbonyl (C=O) groups excluding carboxylic acids is 1. The van der Waals surface area contributed by atoms with Crippen LogP contribution in [0.5, 0.6) is 0 Å². The third kappa shape index (κ3) is 5.20. The summed E-state index contributed by atoms with van der Waals surface area (Å²) in [6, 6.07) is 0.534. The number of rotatable bonds is 5. The van der Waals surface area contributed by atoms with Crippen LogP contribution in [0, 0.1) is 0 Å². The molecule has 7 nitrogen and oxygen atoms in total. The van der Waals surface area contributed by atoms with Gasteiger partial charge in [0.25, 0.3) is 0 Å². The van der Waals surface area contributed by atoms with Crippen molar-refractivity contribution in [1.29, 1.82) is 0 Å². The fourth-order valence-electron chi connectivity index (χ4n) is 2.87.